The van der Waals surface area contributed by atoms with Gasteiger partial charge in [0.05, 0.1) is 5.92 Å². The number of rotatable bonds is 5. The van der Waals surface area contributed by atoms with Crippen LogP contribution >= 0.6 is 0 Å². The molecule has 24 heavy (non-hydrogen) atoms. The van der Waals surface area contributed by atoms with Crippen LogP contribution in [0.2, 0.25) is 0 Å². The Balaban J connectivity index is 1.83. The van der Waals surface area contributed by atoms with Crippen LogP contribution in [-0.2, 0) is 11.2 Å². The van der Waals surface area contributed by atoms with E-state index in [9.17, 15) is 9.90 Å². The molecule has 1 aliphatic heterocycles. The first-order valence-electron chi connectivity index (χ1n) is 7.93. The zero-order valence-corrected chi connectivity index (χ0v) is 13.9. The van der Waals surface area contributed by atoms with Crippen molar-refractivity contribution in [2.24, 2.45) is 0 Å². The quantitative estimate of drug-likeness (QED) is 0.915. The molecule has 1 unspecified atom stereocenters. The molecule has 0 aromatic heterocycles. The molecule has 5 nitrogen and oxygen atoms in total. The molecular formula is C19H21NO4. The number of nitrogens with zero attached hydrogens (tertiary/aromatic N) is 1. The number of ether oxygens (including phenoxy) is 2. The summed E-state index contributed by atoms with van der Waals surface area (Å²) in [6, 6.07) is 13.3. The molecule has 1 aliphatic rings. The molecule has 1 N–H and O–H groups in total. The van der Waals surface area contributed by atoms with Gasteiger partial charge in [-0.15, -0.1) is 0 Å². The van der Waals surface area contributed by atoms with Gasteiger partial charge >= 0.3 is 5.97 Å². The third kappa shape index (κ3) is 3.45. The normalized spacial score (nSPS) is 14.1. The Morgan fingerprint density at radius 2 is 1.75 bits per heavy atom. The molecule has 2 aromatic carbocycles. The summed E-state index contributed by atoms with van der Waals surface area (Å²) in [5.74, 6) is -0.174. The smallest absolute Gasteiger partial charge is 0.311 e. The molecule has 126 valence electrons. The van der Waals surface area contributed by atoms with Gasteiger partial charge in [0.1, 0.15) is 13.2 Å². The molecule has 0 spiro atoms. The first-order valence-corrected chi connectivity index (χ1v) is 7.93. The minimum atomic E-state index is -0.844. The zero-order chi connectivity index (χ0) is 17.1. The summed E-state index contributed by atoms with van der Waals surface area (Å²) in [4.78, 5) is 13.8. The highest BCUT2D eigenvalue weighted by atomic mass is 16.6. The third-order valence-corrected chi connectivity index (χ3v) is 4.16. The van der Waals surface area contributed by atoms with E-state index < -0.39 is 11.9 Å². The Kier molecular flexibility index (Phi) is 4.60. The summed E-state index contributed by atoms with van der Waals surface area (Å²) in [6.45, 7) is 1.01. The van der Waals surface area contributed by atoms with E-state index in [1.807, 2.05) is 43.3 Å². The second-order valence-corrected chi connectivity index (χ2v) is 6.06. The maximum atomic E-state index is 11.8. The van der Waals surface area contributed by atoms with Crippen molar-refractivity contribution in [3.63, 3.8) is 0 Å². The third-order valence-electron chi connectivity index (χ3n) is 4.16. The molecule has 0 amide bonds. The Hall–Kier alpha value is -2.69. The first-order chi connectivity index (χ1) is 11.5. The zero-order valence-electron chi connectivity index (χ0n) is 13.9. The molecule has 0 saturated carbocycles. The Labute approximate surface area is 141 Å². The maximum absolute atomic E-state index is 11.8. The van der Waals surface area contributed by atoms with Gasteiger partial charge in [0.25, 0.3) is 0 Å². The number of carboxylic acids is 1. The van der Waals surface area contributed by atoms with E-state index in [0.717, 1.165) is 16.8 Å². The van der Waals surface area contributed by atoms with E-state index in [1.54, 1.807) is 18.2 Å². The lowest BCUT2D eigenvalue weighted by molar-refractivity contribution is -0.138. The number of anilines is 1. The van der Waals surface area contributed by atoms with Crippen molar-refractivity contribution in [1.29, 1.82) is 0 Å². The summed E-state index contributed by atoms with van der Waals surface area (Å²) < 4.78 is 11.1. The first kappa shape index (κ1) is 16.2. The second kappa shape index (κ2) is 6.83. The molecule has 0 fully saturated rings. The van der Waals surface area contributed by atoms with Crippen LogP contribution in [0.3, 0.4) is 0 Å². The van der Waals surface area contributed by atoms with Gasteiger partial charge in [-0.3, -0.25) is 4.79 Å². The van der Waals surface area contributed by atoms with Crippen molar-refractivity contribution in [2.75, 3.05) is 32.2 Å². The standard InChI is InChI=1S/C19H21NO4/c1-20(2)15-6-3-13(4-7-15)11-16(19(21)22)14-5-8-17-18(12-14)24-10-9-23-17/h3-8,12,16H,9-11H2,1-2H3,(H,21,22). The molecule has 1 atom stereocenters. The summed E-state index contributed by atoms with van der Waals surface area (Å²) in [5.41, 5.74) is 2.80. The molecule has 1 heterocycles. The number of benzene rings is 2. The average Bonchev–Trinajstić information content (AvgIpc) is 2.59. The van der Waals surface area contributed by atoms with Crippen LogP contribution < -0.4 is 14.4 Å². The summed E-state index contributed by atoms with van der Waals surface area (Å²) in [7, 11) is 3.95. The highest BCUT2D eigenvalue weighted by Gasteiger charge is 2.23. The van der Waals surface area contributed by atoms with Gasteiger partial charge in [0, 0.05) is 19.8 Å². The van der Waals surface area contributed by atoms with E-state index in [4.69, 9.17) is 9.47 Å². The van der Waals surface area contributed by atoms with E-state index in [1.165, 1.54) is 0 Å². The molecule has 3 rings (SSSR count). The lowest BCUT2D eigenvalue weighted by Crippen LogP contribution is -2.18. The van der Waals surface area contributed by atoms with Crippen molar-refractivity contribution in [3.05, 3.63) is 53.6 Å². The Morgan fingerprint density at radius 1 is 1.08 bits per heavy atom. The minimum absolute atomic E-state index is 0.433. The highest BCUT2D eigenvalue weighted by molar-refractivity contribution is 5.77. The monoisotopic (exact) mass is 327 g/mol. The lowest BCUT2D eigenvalue weighted by atomic mass is 9.91. The molecule has 5 heteroatoms. The van der Waals surface area contributed by atoms with Crippen molar-refractivity contribution in [3.8, 4) is 11.5 Å². The van der Waals surface area contributed by atoms with Crippen molar-refractivity contribution in [1.82, 2.24) is 0 Å². The highest BCUT2D eigenvalue weighted by Crippen LogP contribution is 2.34. The fourth-order valence-corrected chi connectivity index (χ4v) is 2.79. The predicted octanol–water partition coefficient (Wildman–Crippen LogP) is 2.93. The SMILES string of the molecule is CN(C)c1ccc(CC(C(=O)O)c2ccc3c(c2)OCCO3)cc1. The Bertz CT molecular complexity index is 725. The van der Waals surface area contributed by atoms with Crippen LogP contribution in [0.25, 0.3) is 0 Å². The van der Waals surface area contributed by atoms with Gasteiger partial charge in [0.15, 0.2) is 11.5 Å². The van der Waals surface area contributed by atoms with E-state index in [0.29, 0.717) is 31.1 Å². The van der Waals surface area contributed by atoms with Gasteiger partial charge in [0.2, 0.25) is 0 Å². The molecule has 0 aliphatic carbocycles. The molecule has 2 aromatic rings. The fraction of sp³-hybridized carbons (Fsp3) is 0.316. The van der Waals surface area contributed by atoms with Crippen LogP contribution in [0.5, 0.6) is 11.5 Å². The average molecular weight is 327 g/mol. The number of carboxylic acid groups (broad SMARTS) is 1. The molecule has 0 radical (unpaired) electrons. The minimum Gasteiger partial charge on any atom is -0.486 e. The molecule has 0 saturated heterocycles. The summed E-state index contributed by atoms with van der Waals surface area (Å²) in [5, 5.41) is 9.65. The van der Waals surface area contributed by atoms with Gasteiger partial charge in [-0.25, -0.2) is 0 Å². The lowest BCUT2D eigenvalue weighted by Gasteiger charge is -2.21. The number of hydrogen-bond acceptors (Lipinski definition) is 4. The van der Waals surface area contributed by atoms with E-state index >= 15 is 0 Å². The van der Waals surface area contributed by atoms with E-state index in [-0.39, 0.29) is 0 Å². The van der Waals surface area contributed by atoms with Crippen LogP contribution in [0.15, 0.2) is 42.5 Å². The predicted molar refractivity (Wildman–Crippen MR) is 92.3 cm³/mol. The van der Waals surface area contributed by atoms with Gasteiger partial charge in [-0.05, 0) is 41.8 Å². The second-order valence-electron chi connectivity index (χ2n) is 6.06. The maximum Gasteiger partial charge on any atom is 0.311 e. The van der Waals surface area contributed by atoms with Crippen molar-refractivity contribution < 1.29 is 19.4 Å². The molecule has 0 bridgehead atoms. The summed E-state index contributed by atoms with van der Waals surface area (Å²) in [6.07, 6.45) is 0.433. The number of fused-ring (bicyclic) bond motifs is 1. The number of hydrogen-bond donors (Lipinski definition) is 1. The Morgan fingerprint density at radius 3 is 2.38 bits per heavy atom. The van der Waals surface area contributed by atoms with Gasteiger partial charge in [-0.2, -0.15) is 0 Å². The van der Waals surface area contributed by atoms with Crippen LogP contribution in [0.4, 0.5) is 5.69 Å². The number of carbonyl (C=O) groups is 1. The van der Waals surface area contributed by atoms with Crippen LogP contribution in [0.1, 0.15) is 17.0 Å². The summed E-state index contributed by atoms with van der Waals surface area (Å²) >= 11 is 0. The van der Waals surface area contributed by atoms with Crippen LogP contribution in [-0.4, -0.2) is 38.4 Å². The number of aliphatic carboxylic acids is 1. The fourth-order valence-electron chi connectivity index (χ4n) is 2.79. The largest absolute Gasteiger partial charge is 0.486 e. The van der Waals surface area contributed by atoms with Gasteiger partial charge in [-0.1, -0.05) is 18.2 Å². The molecular weight excluding hydrogens is 306 g/mol. The van der Waals surface area contributed by atoms with Crippen molar-refractivity contribution >= 4 is 11.7 Å². The van der Waals surface area contributed by atoms with Crippen LogP contribution in [0, 0.1) is 0 Å². The topological polar surface area (TPSA) is 59.0 Å². The van der Waals surface area contributed by atoms with E-state index in [2.05, 4.69) is 0 Å². The van der Waals surface area contributed by atoms with Crippen molar-refractivity contribution in [2.45, 2.75) is 12.3 Å². The van der Waals surface area contributed by atoms with Gasteiger partial charge < -0.3 is 19.5 Å².